The highest BCUT2D eigenvalue weighted by atomic mass is 32.2. The van der Waals surface area contributed by atoms with Crippen LogP contribution in [0, 0.1) is 0 Å². The summed E-state index contributed by atoms with van der Waals surface area (Å²) in [6.07, 6.45) is 5.14. The normalized spacial score (nSPS) is 14.4. The largest absolute Gasteiger partial charge is 0.493 e. The molecule has 0 aliphatic carbocycles. The van der Waals surface area contributed by atoms with Gasteiger partial charge in [-0.25, -0.2) is 17.7 Å². The van der Waals surface area contributed by atoms with Crippen molar-refractivity contribution in [3.63, 3.8) is 0 Å². The molecule has 1 fully saturated rings. The highest BCUT2D eigenvalue weighted by molar-refractivity contribution is 7.89. The van der Waals surface area contributed by atoms with Crippen LogP contribution in [0.15, 0.2) is 30.5 Å². The van der Waals surface area contributed by atoms with Crippen molar-refractivity contribution in [1.29, 1.82) is 0 Å². The van der Waals surface area contributed by atoms with Gasteiger partial charge < -0.3 is 25.0 Å². The molecule has 182 valence electrons. The zero-order valence-corrected chi connectivity index (χ0v) is 20.4. The predicted molar refractivity (Wildman–Crippen MR) is 130 cm³/mol. The molecular weight excluding hydrogens is 444 g/mol. The van der Waals surface area contributed by atoms with Gasteiger partial charge in [0.1, 0.15) is 5.82 Å². The minimum atomic E-state index is -3.27. The molecule has 2 N–H and O–H groups in total. The van der Waals surface area contributed by atoms with Gasteiger partial charge in [-0.15, -0.1) is 0 Å². The van der Waals surface area contributed by atoms with E-state index < -0.39 is 10.0 Å². The minimum Gasteiger partial charge on any atom is -0.493 e. The number of hydrogen-bond donors (Lipinski definition) is 2. The molecule has 0 unspecified atom stereocenters. The second-order valence-electron chi connectivity index (χ2n) is 8.03. The first-order valence-corrected chi connectivity index (χ1v) is 12.8. The fraction of sp³-hybridized carbons (Fsp3) is 0.545. The Bertz CT molecular complexity index is 996. The SMILES string of the molecule is COc1ccc(Nc2nccc(NCCS(=O)(=O)N(C)C)n2)cc1OCCCN1CCCC1. The van der Waals surface area contributed by atoms with Crippen LogP contribution in [0.3, 0.4) is 0 Å². The first-order chi connectivity index (χ1) is 15.9. The van der Waals surface area contributed by atoms with Crippen molar-refractivity contribution in [2.75, 3.05) is 70.4 Å². The third kappa shape index (κ3) is 7.72. The summed E-state index contributed by atoms with van der Waals surface area (Å²) in [7, 11) is 1.38. The van der Waals surface area contributed by atoms with E-state index in [1.807, 2.05) is 18.2 Å². The van der Waals surface area contributed by atoms with E-state index in [0.29, 0.717) is 29.9 Å². The topological polar surface area (TPSA) is 109 Å². The van der Waals surface area contributed by atoms with E-state index in [0.717, 1.165) is 18.7 Å². The molecule has 0 saturated carbocycles. The Morgan fingerprint density at radius 2 is 1.94 bits per heavy atom. The van der Waals surface area contributed by atoms with Gasteiger partial charge in [0.05, 0.1) is 19.5 Å². The van der Waals surface area contributed by atoms with Crippen LogP contribution in [0.25, 0.3) is 0 Å². The summed E-state index contributed by atoms with van der Waals surface area (Å²) < 4.78 is 36.4. The summed E-state index contributed by atoms with van der Waals surface area (Å²) >= 11 is 0. The number of rotatable bonds is 13. The summed E-state index contributed by atoms with van der Waals surface area (Å²) in [6.45, 7) is 4.27. The van der Waals surface area contributed by atoms with E-state index in [2.05, 4.69) is 25.5 Å². The Hall–Kier alpha value is -2.63. The summed E-state index contributed by atoms with van der Waals surface area (Å²) in [5.41, 5.74) is 0.762. The molecule has 1 aromatic carbocycles. The Labute approximate surface area is 196 Å². The predicted octanol–water partition coefficient (Wildman–Crippen LogP) is 2.40. The van der Waals surface area contributed by atoms with Gasteiger partial charge in [0, 0.05) is 45.1 Å². The van der Waals surface area contributed by atoms with Crippen LogP contribution >= 0.6 is 0 Å². The second-order valence-corrected chi connectivity index (χ2v) is 10.3. The Balaban J connectivity index is 1.56. The van der Waals surface area contributed by atoms with E-state index in [9.17, 15) is 8.42 Å². The maximum Gasteiger partial charge on any atom is 0.229 e. The summed E-state index contributed by atoms with van der Waals surface area (Å²) in [5, 5.41) is 6.19. The monoisotopic (exact) mass is 478 g/mol. The van der Waals surface area contributed by atoms with Gasteiger partial charge in [-0.05, 0) is 50.6 Å². The molecule has 2 heterocycles. The van der Waals surface area contributed by atoms with Crippen molar-refractivity contribution >= 4 is 27.5 Å². The first-order valence-electron chi connectivity index (χ1n) is 11.1. The highest BCUT2D eigenvalue weighted by Crippen LogP contribution is 2.31. The van der Waals surface area contributed by atoms with Crippen LogP contribution in [0.2, 0.25) is 0 Å². The average molecular weight is 479 g/mol. The fourth-order valence-corrected chi connectivity index (χ4v) is 4.21. The van der Waals surface area contributed by atoms with E-state index in [1.165, 1.54) is 44.3 Å². The number of anilines is 3. The number of benzene rings is 1. The van der Waals surface area contributed by atoms with Crippen LogP contribution in [-0.4, -0.2) is 87.3 Å². The molecule has 1 aliphatic rings. The van der Waals surface area contributed by atoms with Gasteiger partial charge >= 0.3 is 0 Å². The molecule has 3 rings (SSSR count). The van der Waals surface area contributed by atoms with Crippen LogP contribution in [0.1, 0.15) is 19.3 Å². The molecule has 1 aliphatic heterocycles. The van der Waals surface area contributed by atoms with Crippen LogP contribution in [-0.2, 0) is 10.0 Å². The van der Waals surface area contributed by atoms with Crippen LogP contribution < -0.4 is 20.1 Å². The molecule has 11 heteroatoms. The number of hydrogen-bond acceptors (Lipinski definition) is 9. The lowest BCUT2D eigenvalue weighted by atomic mass is 10.2. The molecule has 0 bridgehead atoms. The van der Waals surface area contributed by atoms with Gasteiger partial charge in [-0.2, -0.15) is 4.98 Å². The number of methoxy groups -OCH3 is 1. The Morgan fingerprint density at radius 3 is 2.67 bits per heavy atom. The lowest BCUT2D eigenvalue weighted by Crippen LogP contribution is -2.28. The summed E-state index contributed by atoms with van der Waals surface area (Å²) in [6, 6.07) is 7.26. The molecule has 1 aromatic heterocycles. The third-order valence-electron chi connectivity index (χ3n) is 5.37. The second kappa shape index (κ2) is 12.0. The third-order valence-corrected chi connectivity index (χ3v) is 7.21. The van der Waals surface area contributed by atoms with E-state index >= 15 is 0 Å². The minimum absolute atomic E-state index is 0.0241. The van der Waals surface area contributed by atoms with Crippen LogP contribution in [0.4, 0.5) is 17.5 Å². The van der Waals surface area contributed by atoms with Gasteiger partial charge in [0.15, 0.2) is 11.5 Å². The van der Waals surface area contributed by atoms with Gasteiger partial charge in [-0.3, -0.25) is 0 Å². The van der Waals surface area contributed by atoms with E-state index in [-0.39, 0.29) is 12.3 Å². The fourth-order valence-electron chi connectivity index (χ4n) is 3.48. The maximum atomic E-state index is 11.9. The summed E-state index contributed by atoms with van der Waals surface area (Å²) in [5.74, 6) is 2.23. The lowest BCUT2D eigenvalue weighted by Gasteiger charge is -2.16. The molecule has 0 atom stereocenters. The number of ether oxygens (including phenoxy) is 2. The van der Waals surface area contributed by atoms with Crippen molar-refractivity contribution in [2.24, 2.45) is 0 Å². The average Bonchev–Trinajstić information content (AvgIpc) is 3.30. The molecular formula is C22H34N6O4S. The Kier molecular flexibility index (Phi) is 9.10. The van der Waals surface area contributed by atoms with Crippen molar-refractivity contribution in [3.05, 3.63) is 30.5 Å². The molecule has 0 spiro atoms. The first kappa shape index (κ1) is 25.0. The smallest absolute Gasteiger partial charge is 0.229 e. The van der Waals surface area contributed by atoms with Gasteiger partial charge in [0.2, 0.25) is 16.0 Å². The maximum absolute atomic E-state index is 11.9. The van der Waals surface area contributed by atoms with E-state index in [4.69, 9.17) is 9.47 Å². The van der Waals surface area contributed by atoms with Gasteiger partial charge in [0.25, 0.3) is 0 Å². The zero-order valence-electron chi connectivity index (χ0n) is 19.6. The number of sulfonamides is 1. The number of likely N-dealkylation sites (tertiary alicyclic amines) is 1. The number of aromatic nitrogens is 2. The van der Waals surface area contributed by atoms with Crippen molar-refractivity contribution < 1.29 is 17.9 Å². The summed E-state index contributed by atoms with van der Waals surface area (Å²) in [4.78, 5) is 11.1. The van der Waals surface area contributed by atoms with Gasteiger partial charge in [-0.1, -0.05) is 0 Å². The van der Waals surface area contributed by atoms with E-state index in [1.54, 1.807) is 19.4 Å². The molecule has 10 nitrogen and oxygen atoms in total. The highest BCUT2D eigenvalue weighted by Gasteiger charge is 2.14. The zero-order chi connectivity index (χ0) is 23.7. The molecule has 0 amide bonds. The standard InChI is InChI=1S/C22H34N6O4S/c1-27(2)33(29,30)16-11-23-21-9-10-24-22(26-21)25-18-7-8-19(31-3)20(17-18)32-15-6-14-28-12-4-5-13-28/h7-10,17H,4-6,11-16H2,1-3H3,(H2,23,24,25,26). The Morgan fingerprint density at radius 1 is 1.15 bits per heavy atom. The number of nitrogens with zero attached hydrogens (tertiary/aromatic N) is 4. The van der Waals surface area contributed by atoms with Crippen molar-refractivity contribution in [1.82, 2.24) is 19.2 Å². The molecule has 0 radical (unpaired) electrons. The van der Waals surface area contributed by atoms with Crippen molar-refractivity contribution in [2.45, 2.75) is 19.3 Å². The molecule has 1 saturated heterocycles. The molecule has 2 aromatic rings. The quantitative estimate of drug-likeness (QED) is 0.419. The molecule has 33 heavy (non-hydrogen) atoms. The van der Waals surface area contributed by atoms with Crippen molar-refractivity contribution in [3.8, 4) is 11.5 Å². The lowest BCUT2D eigenvalue weighted by molar-refractivity contribution is 0.254. The number of nitrogens with one attached hydrogen (secondary N) is 2. The van der Waals surface area contributed by atoms with Crippen LogP contribution in [0.5, 0.6) is 11.5 Å².